The first-order chi connectivity index (χ1) is 8.94. The van der Waals surface area contributed by atoms with Crippen LogP contribution in [0.1, 0.15) is 26.2 Å². The van der Waals surface area contributed by atoms with E-state index in [9.17, 15) is 18.0 Å². The van der Waals surface area contributed by atoms with Crippen molar-refractivity contribution in [1.82, 2.24) is 4.90 Å². The first kappa shape index (κ1) is 14.3. The lowest BCUT2D eigenvalue weighted by molar-refractivity contribution is -0.154. The second kappa shape index (κ2) is 5.48. The number of sulfone groups is 1. The van der Waals surface area contributed by atoms with Gasteiger partial charge in [0.2, 0.25) is 5.91 Å². The minimum atomic E-state index is -3.08. The third kappa shape index (κ3) is 3.08. The molecule has 2 rings (SSSR count). The van der Waals surface area contributed by atoms with Crippen molar-refractivity contribution < 1.29 is 22.7 Å². The van der Waals surface area contributed by atoms with Crippen LogP contribution in [0, 0.1) is 5.92 Å². The molecule has 7 heteroatoms. The predicted molar refractivity (Wildman–Crippen MR) is 68.1 cm³/mol. The highest BCUT2D eigenvalue weighted by molar-refractivity contribution is 7.91. The van der Waals surface area contributed by atoms with Crippen LogP contribution in [0.5, 0.6) is 0 Å². The van der Waals surface area contributed by atoms with Crippen molar-refractivity contribution in [2.45, 2.75) is 32.2 Å². The number of rotatable bonds is 3. The predicted octanol–water partition coefficient (Wildman–Crippen LogP) is -0.0248. The minimum absolute atomic E-state index is 0.0708. The largest absolute Gasteiger partial charge is 0.464 e. The van der Waals surface area contributed by atoms with Crippen molar-refractivity contribution in [3.63, 3.8) is 0 Å². The third-order valence-electron chi connectivity index (χ3n) is 3.68. The van der Waals surface area contributed by atoms with E-state index in [1.54, 1.807) is 6.92 Å². The van der Waals surface area contributed by atoms with E-state index in [0.717, 1.165) is 6.42 Å². The van der Waals surface area contributed by atoms with E-state index in [2.05, 4.69) is 0 Å². The third-order valence-corrected chi connectivity index (χ3v) is 5.44. The molecule has 0 aliphatic carbocycles. The Morgan fingerprint density at radius 2 is 2.05 bits per heavy atom. The molecule has 19 heavy (non-hydrogen) atoms. The normalized spacial score (nSPS) is 29.4. The van der Waals surface area contributed by atoms with E-state index in [0.29, 0.717) is 19.4 Å². The Morgan fingerprint density at radius 3 is 2.63 bits per heavy atom. The van der Waals surface area contributed by atoms with Crippen LogP contribution in [0.15, 0.2) is 0 Å². The molecule has 2 aliphatic rings. The zero-order chi connectivity index (χ0) is 14.0. The molecule has 0 aromatic carbocycles. The number of carbonyl (C=O) groups excluding carboxylic acids is 2. The lowest BCUT2D eigenvalue weighted by atomic mass is 10.1. The maximum Gasteiger partial charge on any atom is 0.328 e. The van der Waals surface area contributed by atoms with Gasteiger partial charge >= 0.3 is 5.97 Å². The van der Waals surface area contributed by atoms with Crippen molar-refractivity contribution in [2.24, 2.45) is 5.92 Å². The molecule has 2 saturated heterocycles. The average molecular weight is 289 g/mol. The summed E-state index contributed by atoms with van der Waals surface area (Å²) in [5.74, 6) is -1.09. The summed E-state index contributed by atoms with van der Waals surface area (Å²) in [6.45, 7) is 2.52. The zero-order valence-corrected chi connectivity index (χ0v) is 11.8. The molecular weight excluding hydrogens is 270 g/mol. The van der Waals surface area contributed by atoms with Crippen molar-refractivity contribution in [2.75, 3.05) is 24.7 Å². The average Bonchev–Trinajstić information content (AvgIpc) is 2.94. The van der Waals surface area contributed by atoms with Gasteiger partial charge in [-0.1, -0.05) is 0 Å². The van der Waals surface area contributed by atoms with Crippen molar-refractivity contribution in [3.05, 3.63) is 0 Å². The van der Waals surface area contributed by atoms with Gasteiger partial charge in [-0.25, -0.2) is 13.2 Å². The van der Waals surface area contributed by atoms with Gasteiger partial charge in [-0.05, 0) is 26.2 Å². The van der Waals surface area contributed by atoms with Crippen LogP contribution < -0.4 is 0 Å². The minimum Gasteiger partial charge on any atom is -0.464 e. The van der Waals surface area contributed by atoms with Crippen LogP contribution in [-0.4, -0.2) is 55.9 Å². The zero-order valence-electron chi connectivity index (χ0n) is 11.0. The summed E-state index contributed by atoms with van der Waals surface area (Å²) in [5.41, 5.74) is 0. The molecule has 0 spiro atoms. The Morgan fingerprint density at radius 1 is 1.32 bits per heavy atom. The fraction of sp³-hybridized carbons (Fsp3) is 0.833. The number of nitrogens with zero attached hydrogens (tertiary/aromatic N) is 1. The lowest BCUT2D eigenvalue weighted by Gasteiger charge is -2.25. The van der Waals surface area contributed by atoms with Gasteiger partial charge in [0.05, 0.1) is 24.0 Å². The van der Waals surface area contributed by atoms with E-state index >= 15 is 0 Å². The van der Waals surface area contributed by atoms with Gasteiger partial charge in [0, 0.05) is 6.54 Å². The molecule has 0 aromatic rings. The van der Waals surface area contributed by atoms with Crippen LogP contribution in [0.2, 0.25) is 0 Å². The van der Waals surface area contributed by atoms with Crippen LogP contribution in [-0.2, 0) is 24.2 Å². The Labute approximate surface area is 113 Å². The first-order valence-electron chi connectivity index (χ1n) is 6.62. The van der Waals surface area contributed by atoms with Gasteiger partial charge in [-0.15, -0.1) is 0 Å². The molecule has 0 bridgehead atoms. The van der Waals surface area contributed by atoms with Crippen molar-refractivity contribution >= 4 is 21.7 Å². The summed E-state index contributed by atoms with van der Waals surface area (Å²) in [5, 5.41) is 0. The number of likely N-dealkylation sites (tertiary alicyclic amines) is 1. The summed E-state index contributed by atoms with van der Waals surface area (Å²) in [6, 6.07) is -0.532. The summed E-state index contributed by atoms with van der Waals surface area (Å²) in [4.78, 5) is 25.6. The molecule has 108 valence electrons. The van der Waals surface area contributed by atoms with E-state index in [4.69, 9.17) is 4.74 Å². The summed E-state index contributed by atoms with van der Waals surface area (Å²) >= 11 is 0. The molecule has 0 saturated carbocycles. The summed E-state index contributed by atoms with van der Waals surface area (Å²) in [6.07, 6.45) is 1.73. The van der Waals surface area contributed by atoms with Crippen molar-refractivity contribution in [3.8, 4) is 0 Å². The van der Waals surface area contributed by atoms with Crippen LogP contribution in [0.4, 0.5) is 0 Å². The Hall–Kier alpha value is -1.11. The molecule has 0 aromatic heterocycles. The molecule has 6 nitrogen and oxygen atoms in total. The molecule has 2 heterocycles. The topological polar surface area (TPSA) is 80.8 Å². The van der Waals surface area contributed by atoms with Gasteiger partial charge < -0.3 is 9.64 Å². The maximum absolute atomic E-state index is 12.3. The lowest BCUT2D eigenvalue weighted by Crippen LogP contribution is -2.44. The fourth-order valence-corrected chi connectivity index (χ4v) is 4.47. The van der Waals surface area contributed by atoms with Gasteiger partial charge in [-0.2, -0.15) is 0 Å². The molecule has 0 radical (unpaired) electrons. The summed E-state index contributed by atoms with van der Waals surface area (Å²) in [7, 11) is -3.08. The van der Waals surface area contributed by atoms with Gasteiger partial charge in [0.15, 0.2) is 9.84 Å². The molecule has 2 fully saturated rings. The van der Waals surface area contributed by atoms with Gasteiger partial charge in [-0.3, -0.25) is 4.79 Å². The standard InChI is InChI=1S/C12H19NO5S/c1-2-18-12(15)10-4-3-6-13(10)11(14)9-5-7-19(16,17)8-9/h9-10H,2-8H2,1H3. The number of esters is 1. The van der Waals surface area contributed by atoms with Crippen LogP contribution in [0.3, 0.4) is 0 Å². The van der Waals surface area contributed by atoms with E-state index in [1.807, 2.05) is 0 Å². The highest BCUT2D eigenvalue weighted by atomic mass is 32.2. The molecular formula is C12H19NO5S. The molecule has 2 unspecified atom stereocenters. The number of amides is 1. The van der Waals surface area contributed by atoms with Crippen LogP contribution in [0.25, 0.3) is 0 Å². The Kier molecular flexibility index (Phi) is 4.13. The van der Waals surface area contributed by atoms with Crippen molar-refractivity contribution in [1.29, 1.82) is 0 Å². The molecule has 0 N–H and O–H groups in total. The Balaban J connectivity index is 2.04. The number of hydrogen-bond donors (Lipinski definition) is 0. The molecule has 2 atom stereocenters. The smallest absolute Gasteiger partial charge is 0.328 e. The first-order valence-corrected chi connectivity index (χ1v) is 8.44. The van der Waals surface area contributed by atoms with Crippen LogP contribution >= 0.6 is 0 Å². The monoisotopic (exact) mass is 289 g/mol. The van der Waals surface area contributed by atoms with E-state index < -0.39 is 21.8 Å². The quantitative estimate of drug-likeness (QED) is 0.682. The number of hydrogen-bond acceptors (Lipinski definition) is 5. The number of ether oxygens (including phenoxy) is 1. The number of carbonyl (C=O) groups is 2. The molecule has 1 amide bonds. The SMILES string of the molecule is CCOC(=O)C1CCCN1C(=O)C1CCS(=O)(=O)C1. The summed E-state index contributed by atoms with van der Waals surface area (Å²) < 4.78 is 27.8. The second-order valence-corrected chi connectivity index (χ2v) is 7.27. The van der Waals surface area contributed by atoms with E-state index in [-0.39, 0.29) is 30.0 Å². The fourth-order valence-electron chi connectivity index (χ4n) is 2.74. The maximum atomic E-state index is 12.3. The van der Waals surface area contributed by atoms with Gasteiger partial charge in [0.25, 0.3) is 0 Å². The highest BCUT2D eigenvalue weighted by Crippen LogP contribution is 2.26. The Bertz CT molecular complexity index is 473. The highest BCUT2D eigenvalue weighted by Gasteiger charge is 2.41. The molecule has 2 aliphatic heterocycles. The van der Waals surface area contributed by atoms with Gasteiger partial charge in [0.1, 0.15) is 6.04 Å². The second-order valence-electron chi connectivity index (χ2n) is 5.04. The van der Waals surface area contributed by atoms with E-state index in [1.165, 1.54) is 4.90 Å².